The lowest BCUT2D eigenvalue weighted by Gasteiger charge is -2.06. The lowest BCUT2D eigenvalue weighted by molar-refractivity contribution is 1.02. The first kappa shape index (κ1) is 15.0. The minimum Gasteiger partial charge on any atom is -0.302 e. The van der Waals surface area contributed by atoms with Crippen molar-refractivity contribution in [3.05, 3.63) is 68.4 Å². The van der Waals surface area contributed by atoms with Crippen molar-refractivity contribution in [3.63, 3.8) is 0 Å². The van der Waals surface area contributed by atoms with Crippen molar-refractivity contribution in [2.75, 3.05) is 0 Å². The van der Waals surface area contributed by atoms with Crippen LogP contribution in [0.25, 0.3) is 15.7 Å². The van der Waals surface area contributed by atoms with Crippen LogP contribution in [-0.2, 0) is 6.42 Å². The van der Waals surface area contributed by atoms with Gasteiger partial charge in [-0.05, 0) is 41.8 Å². The Kier molecular flexibility index (Phi) is 3.60. The summed E-state index contributed by atoms with van der Waals surface area (Å²) >= 11 is 14.1. The maximum absolute atomic E-state index is 6.19. The zero-order valence-electron chi connectivity index (χ0n) is 12.7. The Labute approximate surface area is 148 Å². The van der Waals surface area contributed by atoms with Gasteiger partial charge in [0.25, 0.3) is 0 Å². The molecule has 0 aliphatic rings. The van der Waals surface area contributed by atoms with Gasteiger partial charge in [-0.2, -0.15) is 0 Å². The van der Waals surface area contributed by atoms with Crippen molar-refractivity contribution in [2.45, 2.75) is 20.3 Å². The van der Waals surface area contributed by atoms with Crippen LogP contribution in [0.3, 0.4) is 0 Å². The number of halogens is 2. The first-order valence-corrected chi connectivity index (χ1v) is 8.96. The monoisotopic (exact) mass is 360 g/mol. The van der Waals surface area contributed by atoms with Gasteiger partial charge in [0.05, 0.1) is 15.7 Å². The van der Waals surface area contributed by atoms with Crippen molar-refractivity contribution in [3.8, 4) is 0 Å². The molecule has 0 N–H and O–H groups in total. The molecule has 0 saturated carbocycles. The fraction of sp³-hybridized carbons (Fsp3) is 0.167. The first-order valence-electron chi connectivity index (χ1n) is 7.33. The SMILES string of the molecule is Cc1nc2cc(Cl)c(Cl)cn2c1Cc1csc2cccc(C)c12. The lowest BCUT2D eigenvalue weighted by Crippen LogP contribution is -1.96. The Morgan fingerprint density at radius 1 is 1.17 bits per heavy atom. The molecule has 5 heteroatoms. The normalized spacial score (nSPS) is 11.7. The molecule has 3 heterocycles. The third kappa shape index (κ3) is 2.44. The third-order valence-corrected chi connectivity index (χ3v) is 5.91. The van der Waals surface area contributed by atoms with E-state index in [-0.39, 0.29) is 0 Å². The van der Waals surface area contributed by atoms with Gasteiger partial charge in [-0.25, -0.2) is 4.98 Å². The van der Waals surface area contributed by atoms with E-state index in [0.717, 1.165) is 23.5 Å². The highest BCUT2D eigenvalue weighted by atomic mass is 35.5. The van der Waals surface area contributed by atoms with Crippen LogP contribution in [0.4, 0.5) is 0 Å². The molecule has 4 aromatic rings. The topological polar surface area (TPSA) is 17.3 Å². The molecule has 2 nitrogen and oxygen atoms in total. The smallest absolute Gasteiger partial charge is 0.138 e. The highest BCUT2D eigenvalue weighted by Gasteiger charge is 2.14. The van der Waals surface area contributed by atoms with Gasteiger partial charge in [0.2, 0.25) is 0 Å². The minimum atomic E-state index is 0.535. The summed E-state index contributed by atoms with van der Waals surface area (Å²) in [6.45, 7) is 4.20. The standard InChI is InChI=1S/C18H14Cl2N2S/c1-10-4-3-5-16-18(10)12(9-23-16)6-15-11(2)21-17-7-13(19)14(20)8-22(15)17/h3-5,7-9H,6H2,1-2H3. The number of hydrogen-bond acceptors (Lipinski definition) is 2. The van der Waals surface area contributed by atoms with Gasteiger partial charge in [-0.3, -0.25) is 0 Å². The summed E-state index contributed by atoms with van der Waals surface area (Å²) < 4.78 is 3.37. The molecule has 1 aromatic carbocycles. The molecule has 0 unspecified atom stereocenters. The van der Waals surface area contributed by atoms with E-state index in [9.17, 15) is 0 Å². The average Bonchev–Trinajstić information content (AvgIpc) is 3.04. The van der Waals surface area contributed by atoms with Crippen molar-refractivity contribution in [1.29, 1.82) is 0 Å². The summed E-state index contributed by atoms with van der Waals surface area (Å²) in [4.78, 5) is 4.62. The summed E-state index contributed by atoms with van der Waals surface area (Å²) in [6, 6.07) is 8.27. The van der Waals surface area contributed by atoms with Crippen LogP contribution in [-0.4, -0.2) is 9.38 Å². The predicted octanol–water partition coefficient (Wildman–Crippen LogP) is 6.06. The number of thiophene rings is 1. The summed E-state index contributed by atoms with van der Waals surface area (Å²) in [5.74, 6) is 0. The Morgan fingerprint density at radius 3 is 2.83 bits per heavy atom. The highest BCUT2D eigenvalue weighted by molar-refractivity contribution is 7.17. The zero-order valence-corrected chi connectivity index (χ0v) is 15.1. The van der Waals surface area contributed by atoms with Gasteiger partial charge in [-0.1, -0.05) is 35.3 Å². The second-order valence-electron chi connectivity index (χ2n) is 5.73. The molecule has 4 rings (SSSR count). The highest BCUT2D eigenvalue weighted by Crippen LogP contribution is 2.32. The van der Waals surface area contributed by atoms with Gasteiger partial charge in [0.1, 0.15) is 5.65 Å². The van der Waals surface area contributed by atoms with E-state index < -0.39 is 0 Å². The molecule has 0 saturated heterocycles. The number of pyridine rings is 1. The Hall–Kier alpha value is -1.55. The maximum atomic E-state index is 6.19. The molecule has 0 atom stereocenters. The maximum Gasteiger partial charge on any atom is 0.138 e. The molecular weight excluding hydrogens is 347 g/mol. The fourth-order valence-electron chi connectivity index (χ4n) is 3.07. The van der Waals surface area contributed by atoms with Gasteiger partial charge in [0, 0.05) is 29.1 Å². The van der Waals surface area contributed by atoms with Crippen LogP contribution in [0.5, 0.6) is 0 Å². The number of fused-ring (bicyclic) bond motifs is 2. The van der Waals surface area contributed by atoms with E-state index in [4.69, 9.17) is 23.2 Å². The Bertz CT molecular complexity index is 1050. The summed E-state index contributed by atoms with van der Waals surface area (Å²) in [6.07, 6.45) is 2.69. The second kappa shape index (κ2) is 5.52. The molecule has 0 spiro atoms. The molecule has 0 aliphatic heterocycles. The molecule has 3 aromatic heterocycles. The third-order valence-electron chi connectivity index (χ3n) is 4.21. The van der Waals surface area contributed by atoms with Crippen LogP contribution >= 0.6 is 34.5 Å². The number of aromatic nitrogens is 2. The van der Waals surface area contributed by atoms with Crippen molar-refractivity contribution in [2.24, 2.45) is 0 Å². The van der Waals surface area contributed by atoms with Crippen LogP contribution in [0.2, 0.25) is 10.0 Å². The fourth-order valence-corrected chi connectivity index (χ4v) is 4.41. The van der Waals surface area contributed by atoms with Crippen molar-refractivity contribution in [1.82, 2.24) is 9.38 Å². The molecule has 0 radical (unpaired) electrons. The molecule has 0 amide bonds. The van der Waals surface area contributed by atoms with E-state index in [0.29, 0.717) is 10.0 Å². The van der Waals surface area contributed by atoms with Gasteiger partial charge < -0.3 is 4.40 Å². The zero-order chi connectivity index (χ0) is 16.1. The molecular formula is C18H14Cl2N2S. The average molecular weight is 361 g/mol. The minimum absolute atomic E-state index is 0.535. The Morgan fingerprint density at radius 2 is 2.00 bits per heavy atom. The molecule has 116 valence electrons. The van der Waals surface area contributed by atoms with Crippen LogP contribution in [0, 0.1) is 13.8 Å². The summed E-state index contributed by atoms with van der Waals surface area (Å²) in [7, 11) is 0. The van der Waals surface area contributed by atoms with Crippen molar-refractivity contribution >= 4 is 50.3 Å². The van der Waals surface area contributed by atoms with E-state index >= 15 is 0 Å². The molecule has 23 heavy (non-hydrogen) atoms. The number of hydrogen-bond donors (Lipinski definition) is 0. The second-order valence-corrected chi connectivity index (χ2v) is 7.45. The lowest BCUT2D eigenvalue weighted by atomic mass is 10.0. The molecule has 0 bridgehead atoms. The van der Waals surface area contributed by atoms with E-state index in [2.05, 4.69) is 35.5 Å². The van der Waals surface area contributed by atoms with Gasteiger partial charge in [0.15, 0.2) is 0 Å². The van der Waals surface area contributed by atoms with Crippen LogP contribution in [0.1, 0.15) is 22.5 Å². The summed E-state index contributed by atoms with van der Waals surface area (Å²) in [5.41, 5.74) is 5.64. The number of aryl methyl sites for hydroxylation is 2. The van der Waals surface area contributed by atoms with Gasteiger partial charge in [-0.15, -0.1) is 11.3 Å². The van der Waals surface area contributed by atoms with Crippen molar-refractivity contribution < 1.29 is 0 Å². The van der Waals surface area contributed by atoms with E-state index in [1.165, 1.54) is 21.2 Å². The van der Waals surface area contributed by atoms with E-state index in [1.54, 1.807) is 11.3 Å². The number of benzene rings is 1. The van der Waals surface area contributed by atoms with E-state index in [1.807, 2.05) is 23.6 Å². The molecule has 0 fully saturated rings. The van der Waals surface area contributed by atoms with Crippen LogP contribution < -0.4 is 0 Å². The predicted molar refractivity (Wildman–Crippen MR) is 99.3 cm³/mol. The van der Waals surface area contributed by atoms with Crippen LogP contribution in [0.15, 0.2) is 35.8 Å². The Balaban J connectivity index is 1.89. The van der Waals surface area contributed by atoms with Gasteiger partial charge >= 0.3 is 0 Å². The number of nitrogens with zero attached hydrogens (tertiary/aromatic N) is 2. The molecule has 0 aliphatic carbocycles. The largest absolute Gasteiger partial charge is 0.302 e. The first-order chi connectivity index (χ1) is 11.0. The quantitative estimate of drug-likeness (QED) is 0.424. The summed E-state index contributed by atoms with van der Waals surface area (Å²) in [5, 5.41) is 4.68. The number of rotatable bonds is 2. The number of imidazole rings is 1.